The van der Waals surface area contributed by atoms with Gasteiger partial charge >= 0.3 is 42.8 Å². The van der Waals surface area contributed by atoms with Gasteiger partial charge in [0, 0.05) is 0 Å². The van der Waals surface area contributed by atoms with Crippen LogP contribution in [0.4, 0.5) is 0 Å². The molecule has 0 saturated carbocycles. The van der Waals surface area contributed by atoms with E-state index in [1.165, 1.54) is 0 Å². The van der Waals surface area contributed by atoms with E-state index in [0.29, 0.717) is 0 Å². The molecule has 0 aromatic heterocycles. The number of rotatable bonds is 0. The first-order valence-corrected chi connectivity index (χ1v) is 0.986. The Morgan fingerprint density at radius 3 is 1.60 bits per heavy atom. The second-order valence-electron chi connectivity index (χ2n) is 0.408. The number of hydrogen-bond donors (Lipinski definition) is 0. The van der Waals surface area contributed by atoms with Gasteiger partial charge in [0.2, 0.25) is 0 Å². The second-order valence-corrected chi connectivity index (χ2v) is 0.408. The number of allylic oxidation sites excluding steroid dienone is 1. The van der Waals surface area contributed by atoms with E-state index < -0.39 is 0 Å². The fourth-order valence-electron chi connectivity index (χ4n) is 0. The van der Waals surface area contributed by atoms with Crippen molar-refractivity contribution in [3.8, 4) is 0 Å². The van der Waals surface area contributed by atoms with Crippen molar-refractivity contribution in [1.29, 1.82) is 0 Å². The van der Waals surface area contributed by atoms with E-state index in [4.69, 9.17) is 0 Å². The van der Waals surface area contributed by atoms with E-state index in [1.54, 1.807) is 6.08 Å². The smallest absolute Gasteiger partial charge is 0.316 e. The van der Waals surface area contributed by atoms with Gasteiger partial charge in [0.25, 0.3) is 0 Å². The molecule has 0 saturated heterocycles. The largest absolute Gasteiger partial charge is 0.316 e. The summed E-state index contributed by atoms with van der Waals surface area (Å²) in [7, 11) is 0. The number of hydrogen-bond acceptors (Lipinski definition) is 0. The molecule has 0 unspecified atom stereocenters. The van der Waals surface area contributed by atoms with Crippen LogP contribution in [0, 0.1) is 0 Å². The van der Waals surface area contributed by atoms with Gasteiger partial charge in [0.05, 0.1) is 0 Å². The fourth-order valence-corrected chi connectivity index (χ4v) is 0. The molecule has 0 aromatic carbocycles. The first-order valence-electron chi connectivity index (χ1n) is 0.986. The van der Waals surface area contributed by atoms with Crippen LogP contribution < -0.4 is 0 Å². The molecule has 0 fully saturated rings. The quantitative estimate of drug-likeness (QED) is 0.303. The zero-order valence-corrected chi connectivity index (χ0v) is 2.28. The average molecular weight is 141 g/mol. The van der Waals surface area contributed by atoms with Crippen LogP contribution in [-0.2, 0) is 0 Å². The maximum absolute atomic E-state index is 3.36. The van der Waals surface area contributed by atoms with E-state index >= 15 is 0 Å². The summed E-state index contributed by atoms with van der Waals surface area (Å²) < 4.78 is 0. The predicted octanol–water partition coefficient (Wildman–Crippen LogP) is -0.908. The van der Waals surface area contributed by atoms with Crippen molar-refractivity contribution in [3.05, 3.63) is 12.7 Å². The Balaban J connectivity index is -0.0000000200. The van der Waals surface area contributed by atoms with Crippen molar-refractivity contribution in [3.63, 3.8) is 0 Å². The van der Waals surface area contributed by atoms with Gasteiger partial charge in [-0.15, -0.1) is 6.58 Å². The van der Waals surface area contributed by atoms with Gasteiger partial charge in [-0.1, -0.05) is 6.08 Å². The molecule has 0 bridgehead atoms. The molecule has 0 spiro atoms. The molecule has 0 rings (SSSR count). The normalized spacial score (nSPS) is 2.60. The molecule has 0 aliphatic carbocycles. The molecule has 0 N–H and O–H groups in total. The van der Waals surface area contributed by atoms with E-state index in [1.807, 2.05) is 6.92 Å². The van der Waals surface area contributed by atoms with Gasteiger partial charge in [-0.2, -0.15) is 0 Å². The summed E-state index contributed by atoms with van der Waals surface area (Å²) in [4.78, 5) is 0. The Labute approximate surface area is 62.2 Å². The van der Waals surface area contributed by atoms with Crippen molar-refractivity contribution in [2.24, 2.45) is 0 Å². The second kappa shape index (κ2) is 19.2. The zero-order valence-electron chi connectivity index (χ0n) is 2.28. The van der Waals surface area contributed by atoms with Crippen LogP contribution in [0.2, 0.25) is 0 Å². The van der Waals surface area contributed by atoms with E-state index in [2.05, 4.69) is 6.58 Å². The first kappa shape index (κ1) is 16.4. The van der Waals surface area contributed by atoms with Crippen LogP contribution in [-0.4, -0.2) is 42.8 Å². The summed E-state index contributed by atoms with van der Waals surface area (Å²) >= 11 is 0. The Kier molecular flexibility index (Phi) is 63.2. The Bertz CT molecular complexity index is 14.4. The van der Waals surface area contributed by atoms with E-state index in [-0.39, 0.29) is 42.8 Å². The van der Waals surface area contributed by atoms with Crippen molar-refractivity contribution < 1.29 is 0 Å². The van der Waals surface area contributed by atoms with Crippen LogP contribution in [0.5, 0.6) is 0 Å². The SMILES string of the molecule is C=CC.[GaH3].[MgH2]. The summed E-state index contributed by atoms with van der Waals surface area (Å²) in [5.41, 5.74) is 0. The first-order chi connectivity index (χ1) is 1.41. The van der Waals surface area contributed by atoms with Gasteiger partial charge in [-0.25, -0.2) is 0 Å². The average Bonchev–Trinajstić information content (AvgIpc) is 0.918. The molecule has 2 heteroatoms. The van der Waals surface area contributed by atoms with Gasteiger partial charge in [0.15, 0.2) is 0 Å². The molecule has 0 heterocycles. The van der Waals surface area contributed by atoms with Crippen molar-refractivity contribution >= 4 is 42.8 Å². The topological polar surface area (TPSA) is 0 Å². The Hall–Kier alpha value is 1.14. The summed E-state index contributed by atoms with van der Waals surface area (Å²) in [6.45, 7) is 5.25. The molecule has 0 radical (unpaired) electrons. The summed E-state index contributed by atoms with van der Waals surface area (Å²) in [5, 5.41) is 0. The standard InChI is InChI=1S/C3H6.Ga.Mg.5H/c1-3-2;;;;;;;/h3H,1H2,2H3;;;;;;;. The van der Waals surface area contributed by atoms with Crippen molar-refractivity contribution in [2.75, 3.05) is 0 Å². The minimum Gasteiger partial charge on any atom is 0.316 e. The van der Waals surface area contributed by atoms with Gasteiger partial charge in [-0.05, 0) is 6.92 Å². The predicted molar refractivity (Wildman–Crippen MR) is 34.4 cm³/mol. The van der Waals surface area contributed by atoms with Crippen LogP contribution in [0.3, 0.4) is 0 Å². The third-order valence-corrected chi connectivity index (χ3v) is 0. The maximum atomic E-state index is 3.36. The van der Waals surface area contributed by atoms with E-state index in [0.717, 1.165) is 0 Å². The molecule has 5 heavy (non-hydrogen) atoms. The molecule has 0 atom stereocenters. The molecule has 0 aromatic rings. The Morgan fingerprint density at radius 2 is 1.60 bits per heavy atom. The van der Waals surface area contributed by atoms with Gasteiger partial charge in [-0.3, -0.25) is 0 Å². The third-order valence-electron chi connectivity index (χ3n) is 0. The fraction of sp³-hybridized carbons (Fsp3) is 0.333. The minimum atomic E-state index is 0. The Morgan fingerprint density at radius 1 is 1.60 bits per heavy atom. The van der Waals surface area contributed by atoms with E-state index in [9.17, 15) is 0 Å². The van der Waals surface area contributed by atoms with Crippen LogP contribution >= 0.6 is 0 Å². The summed E-state index contributed by atoms with van der Waals surface area (Å²) in [6, 6.07) is 0. The van der Waals surface area contributed by atoms with Gasteiger partial charge in [0.1, 0.15) is 0 Å². The monoisotopic (exact) mass is 140 g/mol. The minimum absolute atomic E-state index is 0. The molecule has 0 nitrogen and oxygen atoms in total. The van der Waals surface area contributed by atoms with Crippen LogP contribution in [0.1, 0.15) is 6.92 Å². The molecular weight excluding hydrogens is 130 g/mol. The molecule has 0 amide bonds. The molecular formula is C3H11GaMg. The van der Waals surface area contributed by atoms with Gasteiger partial charge < -0.3 is 0 Å². The molecule has 28 valence electrons. The zero-order chi connectivity index (χ0) is 2.71. The summed E-state index contributed by atoms with van der Waals surface area (Å²) in [6.07, 6.45) is 1.75. The van der Waals surface area contributed by atoms with Crippen LogP contribution in [0.15, 0.2) is 12.7 Å². The maximum Gasteiger partial charge on any atom is 0.316 e. The molecule has 0 aliphatic heterocycles. The van der Waals surface area contributed by atoms with Crippen molar-refractivity contribution in [2.45, 2.75) is 6.92 Å². The van der Waals surface area contributed by atoms with Crippen LogP contribution in [0.25, 0.3) is 0 Å². The third kappa shape index (κ3) is 38.9. The summed E-state index contributed by atoms with van der Waals surface area (Å²) in [5.74, 6) is 0. The molecule has 0 aliphatic rings. The van der Waals surface area contributed by atoms with Crippen molar-refractivity contribution in [1.82, 2.24) is 0 Å².